The number of fused-ring (bicyclic) bond motifs is 1. The molecule has 0 fully saturated rings. The molecule has 4 atom stereocenters. The summed E-state index contributed by atoms with van der Waals surface area (Å²) in [5.41, 5.74) is 6.51. The van der Waals surface area contributed by atoms with Gasteiger partial charge in [-0.05, 0) is 12.3 Å². The smallest absolute Gasteiger partial charge is 0.394 e. The minimum absolute atomic E-state index is 0.00708. The molecule has 3 unspecified atom stereocenters. The zero-order valence-corrected chi connectivity index (χ0v) is 30.2. The summed E-state index contributed by atoms with van der Waals surface area (Å²) in [7, 11) is -9.56. The molecule has 0 aliphatic carbocycles. The number of anilines is 1. The lowest BCUT2D eigenvalue weighted by Crippen LogP contribution is -2.24. The number of unbranched alkanes of at least 4 members (excludes halogenated alkanes) is 13. The van der Waals surface area contributed by atoms with E-state index in [2.05, 4.69) is 33.1 Å². The number of aliphatic hydroxyl groups excluding tert-OH is 1. The van der Waals surface area contributed by atoms with Gasteiger partial charge in [-0.15, -0.1) is 0 Å². The summed E-state index contributed by atoms with van der Waals surface area (Å²) in [6.07, 6.45) is 21.3. The highest BCUT2D eigenvalue weighted by molar-refractivity contribution is 7.63. The summed E-state index contributed by atoms with van der Waals surface area (Å²) in [6, 6.07) is 0. The molecule has 0 saturated carbocycles. The highest BCUT2D eigenvalue weighted by atomic mass is 31.3. The molecule has 2 aromatic rings. The molecule has 14 nitrogen and oxygen atoms in total. The molecule has 0 aromatic carbocycles. The van der Waals surface area contributed by atoms with Gasteiger partial charge in [0.1, 0.15) is 18.2 Å². The number of aromatic nitrogens is 4. The molecule has 272 valence electrons. The Bertz CT molecular complexity index is 1210. The molecule has 5 N–H and O–H groups in total. The lowest BCUT2D eigenvalue weighted by molar-refractivity contribution is 0.0196. The van der Waals surface area contributed by atoms with E-state index < -0.39 is 34.5 Å². The van der Waals surface area contributed by atoms with Crippen LogP contribution in [0.3, 0.4) is 0 Å². The van der Waals surface area contributed by atoms with Crippen LogP contribution in [0, 0.1) is 5.92 Å². The lowest BCUT2D eigenvalue weighted by Gasteiger charge is -2.20. The third kappa shape index (κ3) is 18.8. The molecule has 2 aromatic heterocycles. The van der Waals surface area contributed by atoms with Gasteiger partial charge in [-0.2, -0.15) is 0 Å². The lowest BCUT2D eigenvalue weighted by atomic mass is 9.99. The van der Waals surface area contributed by atoms with Gasteiger partial charge >= 0.3 is 15.4 Å². The van der Waals surface area contributed by atoms with Gasteiger partial charge in [0.15, 0.2) is 11.5 Å². The van der Waals surface area contributed by atoms with E-state index >= 15 is 0 Å². The number of hydrogen-bond acceptors (Lipinski definition) is 11. The predicted molar refractivity (Wildman–Crippen MR) is 183 cm³/mol. The number of nitrogens with two attached hydrogens (primary N) is 1. The van der Waals surface area contributed by atoms with Crippen LogP contribution in [0.2, 0.25) is 0 Å². The number of nitrogen functional groups attached to an aromatic ring is 1. The number of rotatable bonds is 30. The molecule has 0 bridgehead atoms. The van der Waals surface area contributed by atoms with E-state index in [1.807, 2.05) is 0 Å². The molecule has 0 aliphatic rings. The fourth-order valence-corrected chi connectivity index (χ4v) is 7.53. The monoisotopic (exact) mass is 707 g/mol. The van der Waals surface area contributed by atoms with Crippen molar-refractivity contribution < 1.29 is 42.3 Å². The quantitative estimate of drug-likeness (QED) is 0.0479. The fourth-order valence-electron chi connectivity index (χ4n) is 5.16. The maximum atomic E-state index is 12.4. The van der Waals surface area contributed by atoms with Crippen LogP contribution in [0.5, 0.6) is 0 Å². The van der Waals surface area contributed by atoms with Gasteiger partial charge in [-0.1, -0.05) is 110 Å². The summed E-state index contributed by atoms with van der Waals surface area (Å²) in [5.74, 6) is 1.06. The Morgan fingerprint density at radius 2 is 1.45 bits per heavy atom. The molecule has 0 radical (unpaired) electrons. The maximum absolute atomic E-state index is 12.4. The van der Waals surface area contributed by atoms with Crippen molar-refractivity contribution in [2.75, 3.05) is 38.5 Å². The summed E-state index contributed by atoms with van der Waals surface area (Å²) in [5, 5.41) is 9.65. The van der Waals surface area contributed by atoms with Crippen molar-refractivity contribution in [2.24, 2.45) is 5.92 Å². The number of imidazole rings is 1. The average Bonchev–Trinajstić information content (AvgIpc) is 3.45. The van der Waals surface area contributed by atoms with Gasteiger partial charge in [0.25, 0.3) is 0 Å². The summed E-state index contributed by atoms with van der Waals surface area (Å²) >= 11 is 0. The molecule has 0 amide bonds. The third-order valence-electron chi connectivity index (χ3n) is 8.15. The third-order valence-corrected chi connectivity index (χ3v) is 11.0. The number of hydrogen-bond donors (Lipinski definition) is 4. The number of nitrogens with zero attached hydrogens (tertiary/aromatic N) is 4. The molecular weight excluding hydrogens is 648 g/mol. The second kappa shape index (κ2) is 23.8. The number of phosphoric ester groups is 1. The normalized spacial score (nSPS) is 15.9. The first kappa shape index (κ1) is 41.7. The van der Waals surface area contributed by atoms with Gasteiger partial charge in [-0.25, -0.2) is 23.8 Å². The van der Waals surface area contributed by atoms with Crippen LogP contribution in [0.25, 0.3) is 11.2 Å². The number of aliphatic hydroxyl groups is 1. The highest BCUT2D eigenvalue weighted by Gasteiger charge is 2.34. The zero-order valence-electron chi connectivity index (χ0n) is 28.4. The summed E-state index contributed by atoms with van der Waals surface area (Å²) in [4.78, 5) is 31.9. The molecule has 47 heavy (non-hydrogen) atoms. The fraction of sp³-hybridized carbons (Fsp3) is 0.839. The van der Waals surface area contributed by atoms with Crippen molar-refractivity contribution in [2.45, 2.75) is 129 Å². The van der Waals surface area contributed by atoms with Crippen LogP contribution < -0.4 is 5.73 Å². The minimum atomic E-state index is -4.86. The van der Waals surface area contributed by atoms with Gasteiger partial charge in [-0.3, -0.25) is 9.09 Å². The molecular formula is C31H59N5O9P2. The molecule has 16 heteroatoms. The molecule has 0 spiro atoms. The van der Waals surface area contributed by atoms with Gasteiger partial charge < -0.3 is 34.7 Å². The molecule has 2 heterocycles. The first-order chi connectivity index (χ1) is 22.6. The minimum Gasteiger partial charge on any atom is -0.394 e. The maximum Gasteiger partial charge on any atom is 0.479 e. The highest BCUT2D eigenvalue weighted by Crippen LogP contribution is 2.59. The predicted octanol–water partition coefficient (Wildman–Crippen LogP) is 6.98. The van der Waals surface area contributed by atoms with Crippen molar-refractivity contribution >= 4 is 32.4 Å². The standard InChI is InChI=1S/C31H59N5O9P2/c1-3-27(2)18-16-14-12-10-8-6-4-5-7-9-11-13-15-17-19-42-20-21-44-47(40,41)45-46(38,39)26-43-28(23-37)22-36-25-35-29-30(32)33-24-34-31(29)36/h24-25,27-28,37H,3-23,26H2,1-2H3,(H,38,39)(H,40,41)(H2,32,33,34)/t27?,28-/m0/s1. The number of phosphoric acid groups is 1. The Kier molecular flexibility index (Phi) is 21.1. The Labute approximate surface area is 280 Å². The van der Waals surface area contributed by atoms with Crippen molar-refractivity contribution in [1.82, 2.24) is 19.5 Å². The Balaban J connectivity index is 1.43. The van der Waals surface area contributed by atoms with Crippen molar-refractivity contribution in [3.63, 3.8) is 0 Å². The van der Waals surface area contributed by atoms with E-state index in [1.165, 1.54) is 101 Å². The second-order valence-corrected chi connectivity index (χ2v) is 15.7. The van der Waals surface area contributed by atoms with Gasteiger partial charge in [0.05, 0.1) is 38.8 Å². The van der Waals surface area contributed by atoms with E-state index in [4.69, 9.17) is 19.7 Å². The largest absolute Gasteiger partial charge is 0.479 e. The van der Waals surface area contributed by atoms with Crippen LogP contribution in [-0.4, -0.2) is 73.3 Å². The van der Waals surface area contributed by atoms with Crippen LogP contribution in [-0.2, 0) is 34.0 Å². The Morgan fingerprint density at radius 3 is 2.04 bits per heavy atom. The van der Waals surface area contributed by atoms with Gasteiger partial charge in [0, 0.05) is 6.61 Å². The van der Waals surface area contributed by atoms with Crippen LogP contribution in [0.15, 0.2) is 12.7 Å². The topological polar surface area (TPSA) is 201 Å². The van der Waals surface area contributed by atoms with Crippen LogP contribution in [0.1, 0.15) is 117 Å². The van der Waals surface area contributed by atoms with Crippen LogP contribution in [0.4, 0.5) is 5.82 Å². The summed E-state index contributed by atoms with van der Waals surface area (Å²) in [6.45, 7) is 4.36. The van der Waals surface area contributed by atoms with Crippen molar-refractivity contribution in [3.8, 4) is 0 Å². The van der Waals surface area contributed by atoms with E-state index in [1.54, 1.807) is 0 Å². The molecule has 2 rings (SSSR count). The molecule has 0 aliphatic heterocycles. The van der Waals surface area contributed by atoms with E-state index in [9.17, 15) is 24.0 Å². The first-order valence-electron chi connectivity index (χ1n) is 17.3. The average molecular weight is 708 g/mol. The second-order valence-electron chi connectivity index (χ2n) is 12.3. The van der Waals surface area contributed by atoms with Crippen LogP contribution >= 0.6 is 15.4 Å². The Morgan fingerprint density at radius 1 is 0.851 bits per heavy atom. The van der Waals surface area contributed by atoms with Crippen molar-refractivity contribution in [3.05, 3.63) is 12.7 Å². The summed E-state index contributed by atoms with van der Waals surface area (Å²) < 4.78 is 46.0. The Hall–Kier alpha value is -1.47. The zero-order chi connectivity index (χ0) is 34.4. The number of ether oxygens (including phenoxy) is 2. The van der Waals surface area contributed by atoms with Crippen molar-refractivity contribution in [1.29, 1.82) is 0 Å². The van der Waals surface area contributed by atoms with Gasteiger partial charge in [0.2, 0.25) is 0 Å². The van der Waals surface area contributed by atoms with E-state index in [0.29, 0.717) is 17.8 Å². The SMILES string of the molecule is CCC(C)CCCCCCCCCCCCCCCCOCCOP(=O)(O)OP(=O)(O)CO[C@H](CO)Cn1cnc2c(N)ncnc21. The first-order valence-corrected chi connectivity index (χ1v) is 20.5. The van der Waals surface area contributed by atoms with E-state index in [0.717, 1.165) is 25.2 Å². The molecule has 0 saturated heterocycles. The van der Waals surface area contributed by atoms with E-state index in [-0.39, 0.29) is 25.6 Å².